The molecule has 1 fully saturated rings. The lowest BCUT2D eigenvalue weighted by molar-refractivity contribution is -0.282. The molecule has 0 saturated heterocycles. The van der Waals surface area contributed by atoms with Crippen LogP contribution in [-0.2, 0) is 9.53 Å². The van der Waals surface area contributed by atoms with Crippen molar-refractivity contribution in [1.29, 1.82) is 0 Å². The van der Waals surface area contributed by atoms with Crippen LogP contribution in [0.15, 0.2) is 48.8 Å². The maximum atomic E-state index is 14.4. The molecule has 1 aromatic carbocycles. The Bertz CT molecular complexity index is 1340. The van der Waals surface area contributed by atoms with Gasteiger partial charge < -0.3 is 20.3 Å². The predicted octanol–water partition coefficient (Wildman–Crippen LogP) is 4.33. The molecule has 2 aromatic heterocycles. The van der Waals surface area contributed by atoms with Crippen LogP contribution in [0.25, 0.3) is 11.3 Å². The zero-order valence-electron chi connectivity index (χ0n) is 20.6. The number of halogens is 3. The summed E-state index contributed by atoms with van der Waals surface area (Å²) >= 11 is 0. The summed E-state index contributed by atoms with van der Waals surface area (Å²) < 4.78 is 48.1. The minimum absolute atomic E-state index is 0.0240. The van der Waals surface area contributed by atoms with Gasteiger partial charge in [0.15, 0.2) is 0 Å². The van der Waals surface area contributed by atoms with Gasteiger partial charge >= 0.3 is 5.97 Å². The predicted molar refractivity (Wildman–Crippen MR) is 130 cm³/mol. The number of anilines is 1. The fourth-order valence-electron chi connectivity index (χ4n) is 4.66. The first kappa shape index (κ1) is 27.2. The smallest absolute Gasteiger partial charge is 0.308 e. The fraction of sp³-hybridized carbons (Fsp3) is 0.333. The van der Waals surface area contributed by atoms with Crippen molar-refractivity contribution in [3.05, 3.63) is 77.5 Å². The highest BCUT2D eigenvalue weighted by atomic mass is 19.1. The van der Waals surface area contributed by atoms with Gasteiger partial charge in [-0.2, -0.15) is 0 Å². The number of ether oxygens (including phenoxy) is 1. The van der Waals surface area contributed by atoms with Crippen molar-refractivity contribution in [2.45, 2.75) is 50.9 Å². The number of nitrogens with one attached hydrogen (secondary N) is 1. The number of aliphatic hydroxyl groups excluding tert-OH is 1. The zero-order valence-corrected chi connectivity index (χ0v) is 20.6. The van der Waals surface area contributed by atoms with Crippen LogP contribution in [0.5, 0.6) is 0 Å². The molecule has 1 aliphatic carbocycles. The largest absolute Gasteiger partial charge is 0.430 e. The van der Waals surface area contributed by atoms with Gasteiger partial charge in [-0.25, -0.2) is 18.2 Å². The van der Waals surface area contributed by atoms with Crippen molar-refractivity contribution in [1.82, 2.24) is 9.97 Å². The Hall–Kier alpha value is -3.83. The third-order valence-corrected chi connectivity index (χ3v) is 6.72. The van der Waals surface area contributed by atoms with E-state index in [9.17, 15) is 33.0 Å². The highest BCUT2D eigenvalue weighted by Crippen LogP contribution is 2.44. The van der Waals surface area contributed by atoms with Gasteiger partial charge in [-0.05, 0) is 54.7 Å². The number of nitrogens with zero attached hydrogens (tertiary/aromatic N) is 2. The van der Waals surface area contributed by atoms with Gasteiger partial charge in [0.25, 0.3) is 5.91 Å². The molecule has 1 saturated carbocycles. The summed E-state index contributed by atoms with van der Waals surface area (Å²) in [6.45, 7) is 3.22. The molecule has 1 amide bonds. The third kappa shape index (κ3) is 5.25. The molecule has 0 radical (unpaired) electrons. The second kappa shape index (κ2) is 10.9. The van der Waals surface area contributed by atoms with Gasteiger partial charge in [-0.3, -0.25) is 14.6 Å². The van der Waals surface area contributed by atoms with Crippen LogP contribution in [0, 0.1) is 23.4 Å². The Morgan fingerprint density at radius 3 is 2.47 bits per heavy atom. The minimum Gasteiger partial charge on any atom is -0.430 e. The molecule has 200 valence electrons. The number of hydrogen-bond donors (Lipinski definition) is 3. The fourth-order valence-corrected chi connectivity index (χ4v) is 4.66. The molecule has 4 rings (SSSR count). The topological polar surface area (TPSA) is 122 Å². The number of amides is 1. The zero-order chi connectivity index (χ0) is 27.6. The molecule has 0 aliphatic heterocycles. The number of aromatic nitrogens is 2. The summed E-state index contributed by atoms with van der Waals surface area (Å²) in [6, 6.07) is 6.66. The second-order valence-electron chi connectivity index (χ2n) is 9.21. The van der Waals surface area contributed by atoms with Gasteiger partial charge in [0.05, 0.1) is 17.4 Å². The SMILES string of the molecule is CCC(=O)O[C@]1(O)[C@H](O)C[C@H](c2ccncc2NC(=O)c2ccc(F)c(-c3c(F)cccc3F)n2)C[C@@H]1C. The second-order valence-corrected chi connectivity index (χ2v) is 9.21. The maximum absolute atomic E-state index is 14.4. The van der Waals surface area contributed by atoms with Crippen LogP contribution in [0.3, 0.4) is 0 Å². The van der Waals surface area contributed by atoms with E-state index in [1.807, 2.05) is 0 Å². The average Bonchev–Trinajstić information content (AvgIpc) is 2.88. The number of hydrogen-bond acceptors (Lipinski definition) is 7. The minimum atomic E-state index is -2.05. The number of pyridine rings is 2. The van der Waals surface area contributed by atoms with E-state index in [0.717, 1.165) is 30.3 Å². The molecule has 4 atom stereocenters. The first-order chi connectivity index (χ1) is 18.0. The summed E-state index contributed by atoms with van der Waals surface area (Å²) in [5, 5.41) is 24.2. The van der Waals surface area contributed by atoms with Crippen LogP contribution in [0.4, 0.5) is 18.9 Å². The molecular formula is C27H26F3N3O5. The number of rotatable bonds is 6. The molecule has 3 N–H and O–H groups in total. The Kier molecular flexibility index (Phi) is 7.79. The maximum Gasteiger partial charge on any atom is 0.308 e. The van der Waals surface area contributed by atoms with Crippen molar-refractivity contribution in [2.24, 2.45) is 5.92 Å². The Balaban J connectivity index is 1.59. The normalized spacial score (nSPS) is 23.1. The summed E-state index contributed by atoms with van der Waals surface area (Å²) in [7, 11) is 0. The van der Waals surface area contributed by atoms with E-state index in [2.05, 4.69) is 15.3 Å². The van der Waals surface area contributed by atoms with Crippen molar-refractivity contribution in [3.63, 3.8) is 0 Å². The average molecular weight is 530 g/mol. The molecule has 0 spiro atoms. The molecule has 1 aliphatic rings. The van der Waals surface area contributed by atoms with Gasteiger partial charge in [0, 0.05) is 18.5 Å². The van der Waals surface area contributed by atoms with Crippen molar-refractivity contribution in [2.75, 3.05) is 5.32 Å². The van der Waals surface area contributed by atoms with Crippen molar-refractivity contribution < 1.29 is 37.7 Å². The third-order valence-electron chi connectivity index (χ3n) is 6.72. The molecule has 38 heavy (non-hydrogen) atoms. The summed E-state index contributed by atoms with van der Waals surface area (Å²) in [5.74, 6) is -7.53. The first-order valence-electron chi connectivity index (χ1n) is 12.0. The highest BCUT2D eigenvalue weighted by molar-refractivity contribution is 6.03. The molecule has 2 heterocycles. The van der Waals surface area contributed by atoms with Gasteiger partial charge in [-0.15, -0.1) is 0 Å². The van der Waals surface area contributed by atoms with Gasteiger partial charge in [-0.1, -0.05) is 19.9 Å². The number of carbonyl (C=O) groups excluding carboxylic acids is 2. The summed E-state index contributed by atoms with van der Waals surface area (Å²) in [5.41, 5.74) is -0.780. The van der Waals surface area contributed by atoms with E-state index in [0.29, 0.717) is 12.0 Å². The van der Waals surface area contributed by atoms with E-state index in [4.69, 9.17) is 4.74 Å². The van der Waals surface area contributed by atoms with Gasteiger partial charge in [0.2, 0.25) is 5.79 Å². The van der Waals surface area contributed by atoms with E-state index >= 15 is 0 Å². The molecule has 0 unspecified atom stereocenters. The van der Waals surface area contributed by atoms with Crippen LogP contribution in [-0.4, -0.2) is 43.9 Å². The van der Waals surface area contributed by atoms with E-state index < -0.39 is 58.4 Å². The first-order valence-corrected chi connectivity index (χ1v) is 12.0. The lowest BCUT2D eigenvalue weighted by atomic mass is 9.73. The van der Waals surface area contributed by atoms with Crippen molar-refractivity contribution >= 4 is 17.6 Å². The molecular weight excluding hydrogens is 503 g/mol. The monoisotopic (exact) mass is 529 g/mol. The molecule has 3 aromatic rings. The number of benzene rings is 1. The molecule has 0 bridgehead atoms. The number of aliphatic hydroxyl groups is 2. The van der Waals surface area contributed by atoms with E-state index in [-0.39, 0.29) is 30.1 Å². The van der Waals surface area contributed by atoms with Crippen LogP contribution < -0.4 is 5.32 Å². The number of esters is 1. The van der Waals surface area contributed by atoms with E-state index in [1.165, 1.54) is 12.4 Å². The van der Waals surface area contributed by atoms with Crippen molar-refractivity contribution in [3.8, 4) is 11.3 Å². The highest BCUT2D eigenvalue weighted by Gasteiger charge is 2.50. The van der Waals surface area contributed by atoms with Crippen LogP contribution in [0.2, 0.25) is 0 Å². The lowest BCUT2D eigenvalue weighted by Crippen LogP contribution is -2.55. The molecule has 8 nitrogen and oxygen atoms in total. The quantitative estimate of drug-likeness (QED) is 0.321. The Morgan fingerprint density at radius 1 is 1.11 bits per heavy atom. The standard InChI is InChI=1S/C27H26F3N3O5/c1-3-23(35)38-27(37)14(2)11-15(12-22(27)34)16-9-10-31-13-21(16)33-26(36)20-8-7-19(30)25(32-20)24-17(28)5-4-6-18(24)29/h4-10,13-15,22,34,37H,3,11-12H2,1-2H3,(H,33,36)/t14-,15+,22+,27-/m0/s1. The molecule has 11 heteroatoms. The van der Waals surface area contributed by atoms with Crippen LogP contribution >= 0.6 is 0 Å². The summed E-state index contributed by atoms with van der Waals surface area (Å²) in [4.78, 5) is 32.7. The summed E-state index contributed by atoms with van der Waals surface area (Å²) in [6.07, 6.45) is 1.85. The Morgan fingerprint density at radius 2 is 1.82 bits per heavy atom. The van der Waals surface area contributed by atoms with Gasteiger partial charge in [0.1, 0.15) is 34.9 Å². The number of carbonyl (C=O) groups is 2. The van der Waals surface area contributed by atoms with Crippen LogP contribution in [0.1, 0.15) is 55.1 Å². The Labute approximate surface area is 216 Å². The van der Waals surface area contributed by atoms with E-state index in [1.54, 1.807) is 19.9 Å². The lowest BCUT2D eigenvalue weighted by Gasteiger charge is -2.44.